The van der Waals surface area contributed by atoms with Gasteiger partial charge in [-0.3, -0.25) is 0 Å². The van der Waals surface area contributed by atoms with Gasteiger partial charge in [0.2, 0.25) is 0 Å². The molecule has 0 atom stereocenters. The first-order valence-corrected chi connectivity index (χ1v) is 5.49. The number of nitrogens with zero attached hydrogens (tertiary/aromatic N) is 1. The minimum Gasteiger partial charge on any atom is -0.311 e. The van der Waals surface area contributed by atoms with E-state index in [1.807, 2.05) is 0 Å². The fourth-order valence-corrected chi connectivity index (χ4v) is 1.21. The van der Waals surface area contributed by atoms with Crippen molar-refractivity contribution in [2.24, 2.45) is 5.41 Å². The minimum absolute atomic E-state index is 0.254. The zero-order valence-corrected chi connectivity index (χ0v) is 10.1. The molecule has 0 aliphatic rings. The van der Waals surface area contributed by atoms with Gasteiger partial charge in [0.05, 0.1) is 18.0 Å². The third kappa shape index (κ3) is 7.16. The van der Waals surface area contributed by atoms with Crippen molar-refractivity contribution in [1.29, 1.82) is 5.26 Å². The van der Waals surface area contributed by atoms with Gasteiger partial charge in [0.25, 0.3) is 0 Å². The summed E-state index contributed by atoms with van der Waals surface area (Å²) in [5.74, 6) is -3.97. The quantitative estimate of drug-likeness (QED) is 0.533. The van der Waals surface area contributed by atoms with Crippen molar-refractivity contribution >= 4 is 0 Å². The van der Waals surface area contributed by atoms with Crippen LogP contribution in [0.1, 0.15) is 33.1 Å². The van der Waals surface area contributed by atoms with Gasteiger partial charge in [0, 0.05) is 0 Å². The second-order valence-electron chi connectivity index (χ2n) is 4.69. The standard InChI is InChI=1S/C11H18F4N2/c1-10(2,7-16)5-3-4-6-17-8-11(14,15)9(12)13/h9,17H,3-6,8H2,1-2H3. The largest absolute Gasteiger partial charge is 0.319 e. The van der Waals surface area contributed by atoms with E-state index in [2.05, 4.69) is 11.4 Å². The molecule has 0 rings (SSSR count). The van der Waals surface area contributed by atoms with E-state index < -0.39 is 24.3 Å². The van der Waals surface area contributed by atoms with Crippen LogP contribution >= 0.6 is 0 Å². The highest BCUT2D eigenvalue weighted by molar-refractivity contribution is 4.91. The SMILES string of the molecule is CC(C)(C#N)CCCCNCC(F)(F)C(F)F. The molecule has 0 saturated carbocycles. The lowest BCUT2D eigenvalue weighted by molar-refractivity contribution is -0.125. The number of hydrogen-bond acceptors (Lipinski definition) is 2. The molecular weight excluding hydrogens is 236 g/mol. The molecule has 17 heavy (non-hydrogen) atoms. The number of alkyl halides is 4. The minimum atomic E-state index is -3.97. The van der Waals surface area contributed by atoms with Gasteiger partial charge in [-0.1, -0.05) is 6.42 Å². The molecule has 0 aromatic rings. The highest BCUT2D eigenvalue weighted by Crippen LogP contribution is 2.22. The van der Waals surface area contributed by atoms with Gasteiger partial charge in [-0.15, -0.1) is 0 Å². The first kappa shape index (κ1) is 16.2. The van der Waals surface area contributed by atoms with Crippen LogP contribution in [0, 0.1) is 16.7 Å². The lowest BCUT2D eigenvalue weighted by Gasteiger charge is -2.17. The van der Waals surface area contributed by atoms with Gasteiger partial charge in [-0.05, 0) is 33.2 Å². The topological polar surface area (TPSA) is 35.8 Å². The number of unbranched alkanes of at least 4 members (excludes halogenated alkanes) is 1. The second-order valence-corrected chi connectivity index (χ2v) is 4.69. The number of nitrogens with one attached hydrogen (secondary N) is 1. The normalized spacial score (nSPS) is 12.8. The Kier molecular flexibility index (Phi) is 6.46. The average Bonchev–Trinajstić information content (AvgIpc) is 2.23. The molecule has 1 N–H and O–H groups in total. The zero-order chi connectivity index (χ0) is 13.5. The molecule has 0 fully saturated rings. The maximum atomic E-state index is 12.4. The van der Waals surface area contributed by atoms with Crippen LogP contribution in [-0.4, -0.2) is 25.4 Å². The Labute approximate surface area is 99.0 Å². The predicted octanol–water partition coefficient (Wildman–Crippen LogP) is 3.20. The van der Waals surface area contributed by atoms with Crippen LogP contribution in [0.2, 0.25) is 0 Å². The summed E-state index contributed by atoms with van der Waals surface area (Å²) in [6.45, 7) is 2.84. The Hall–Kier alpha value is -0.830. The Morgan fingerprint density at radius 3 is 2.29 bits per heavy atom. The van der Waals surface area contributed by atoms with E-state index in [1.165, 1.54) is 0 Å². The van der Waals surface area contributed by atoms with E-state index in [9.17, 15) is 17.6 Å². The van der Waals surface area contributed by atoms with Gasteiger partial charge < -0.3 is 5.32 Å². The molecule has 0 aliphatic carbocycles. The van der Waals surface area contributed by atoms with Crippen molar-refractivity contribution < 1.29 is 17.6 Å². The number of halogens is 4. The van der Waals surface area contributed by atoms with Crippen molar-refractivity contribution in [3.8, 4) is 6.07 Å². The Balaban J connectivity index is 3.58. The monoisotopic (exact) mass is 254 g/mol. The van der Waals surface area contributed by atoms with E-state index in [0.717, 1.165) is 0 Å². The molecule has 0 unspecified atom stereocenters. The van der Waals surface area contributed by atoms with Gasteiger partial charge in [-0.25, -0.2) is 8.78 Å². The number of nitriles is 1. The van der Waals surface area contributed by atoms with Gasteiger partial charge in [0.1, 0.15) is 0 Å². The molecule has 0 radical (unpaired) electrons. The van der Waals surface area contributed by atoms with Gasteiger partial charge >= 0.3 is 12.3 Å². The summed E-state index contributed by atoms with van der Waals surface area (Å²) < 4.78 is 48.4. The lowest BCUT2D eigenvalue weighted by atomic mass is 9.89. The van der Waals surface area contributed by atoms with Crippen LogP contribution in [0.25, 0.3) is 0 Å². The molecule has 2 nitrogen and oxygen atoms in total. The highest BCUT2D eigenvalue weighted by atomic mass is 19.3. The van der Waals surface area contributed by atoms with E-state index in [-0.39, 0.29) is 6.54 Å². The molecule has 0 bridgehead atoms. The van der Waals surface area contributed by atoms with Crippen molar-refractivity contribution in [2.75, 3.05) is 13.1 Å². The summed E-state index contributed by atoms with van der Waals surface area (Å²) in [7, 11) is 0. The first-order chi connectivity index (χ1) is 7.71. The molecule has 0 aromatic heterocycles. The molecular formula is C11H18F4N2. The van der Waals surface area contributed by atoms with Crippen LogP contribution in [0.3, 0.4) is 0 Å². The summed E-state index contributed by atoms with van der Waals surface area (Å²) in [4.78, 5) is 0. The lowest BCUT2D eigenvalue weighted by Crippen LogP contribution is -2.39. The van der Waals surface area contributed by atoms with Crippen molar-refractivity contribution in [2.45, 2.75) is 45.5 Å². The van der Waals surface area contributed by atoms with Crippen LogP contribution in [0.15, 0.2) is 0 Å². The first-order valence-electron chi connectivity index (χ1n) is 5.49. The third-order valence-electron chi connectivity index (χ3n) is 2.39. The Morgan fingerprint density at radius 1 is 1.24 bits per heavy atom. The number of hydrogen-bond donors (Lipinski definition) is 1. The fourth-order valence-electron chi connectivity index (χ4n) is 1.21. The van der Waals surface area contributed by atoms with Crippen molar-refractivity contribution in [3.63, 3.8) is 0 Å². The van der Waals surface area contributed by atoms with E-state index in [0.29, 0.717) is 19.3 Å². The Bertz CT molecular complexity index is 259. The molecule has 0 aromatic carbocycles. The summed E-state index contributed by atoms with van der Waals surface area (Å²) in [6, 6.07) is 2.13. The molecule has 0 saturated heterocycles. The zero-order valence-electron chi connectivity index (χ0n) is 10.1. The van der Waals surface area contributed by atoms with E-state index >= 15 is 0 Å². The van der Waals surface area contributed by atoms with E-state index in [4.69, 9.17) is 5.26 Å². The maximum absolute atomic E-state index is 12.4. The van der Waals surface area contributed by atoms with Crippen LogP contribution in [0.4, 0.5) is 17.6 Å². The van der Waals surface area contributed by atoms with Crippen LogP contribution < -0.4 is 5.32 Å². The van der Waals surface area contributed by atoms with E-state index in [1.54, 1.807) is 13.8 Å². The summed E-state index contributed by atoms with van der Waals surface area (Å²) in [6.07, 6.45) is -1.68. The summed E-state index contributed by atoms with van der Waals surface area (Å²) in [5.41, 5.74) is -0.424. The molecule has 100 valence electrons. The van der Waals surface area contributed by atoms with Crippen LogP contribution in [0.5, 0.6) is 0 Å². The maximum Gasteiger partial charge on any atom is 0.319 e. The number of rotatable bonds is 8. The molecule has 0 amide bonds. The highest BCUT2D eigenvalue weighted by Gasteiger charge is 2.39. The fraction of sp³-hybridized carbons (Fsp3) is 0.909. The molecule has 6 heteroatoms. The summed E-state index contributed by atoms with van der Waals surface area (Å²) in [5, 5.41) is 11.0. The molecule has 0 heterocycles. The van der Waals surface area contributed by atoms with Crippen molar-refractivity contribution in [3.05, 3.63) is 0 Å². The van der Waals surface area contributed by atoms with Gasteiger partial charge in [-0.2, -0.15) is 14.0 Å². The average molecular weight is 254 g/mol. The molecule has 0 spiro atoms. The third-order valence-corrected chi connectivity index (χ3v) is 2.39. The van der Waals surface area contributed by atoms with Gasteiger partial charge in [0.15, 0.2) is 0 Å². The molecule has 0 aliphatic heterocycles. The second kappa shape index (κ2) is 6.80. The van der Waals surface area contributed by atoms with Crippen molar-refractivity contribution in [1.82, 2.24) is 5.32 Å². The summed E-state index contributed by atoms with van der Waals surface area (Å²) >= 11 is 0. The smallest absolute Gasteiger partial charge is 0.311 e. The Morgan fingerprint density at radius 2 is 1.82 bits per heavy atom. The predicted molar refractivity (Wildman–Crippen MR) is 57.1 cm³/mol. The van der Waals surface area contributed by atoms with Crippen LogP contribution in [-0.2, 0) is 0 Å².